The Hall–Kier alpha value is -1.35. The number of carbonyl (C=O) groups is 1. The van der Waals surface area contributed by atoms with Gasteiger partial charge in [0, 0.05) is 0 Å². The Labute approximate surface area is 122 Å². The van der Waals surface area contributed by atoms with Gasteiger partial charge in [-0.05, 0) is 30.2 Å². The van der Waals surface area contributed by atoms with Crippen molar-refractivity contribution in [1.82, 2.24) is 5.32 Å². The molecule has 1 aromatic carbocycles. The first-order valence-corrected chi connectivity index (χ1v) is 7.51. The smallest absolute Gasteiger partial charge is 0.237 e. The molecule has 2 unspecified atom stereocenters. The minimum absolute atomic E-state index is 0.0434. The monoisotopic (exact) mass is 276 g/mol. The van der Waals surface area contributed by atoms with Crippen molar-refractivity contribution in [2.45, 2.75) is 52.6 Å². The van der Waals surface area contributed by atoms with Crippen molar-refractivity contribution < 1.29 is 4.79 Å². The molecule has 1 amide bonds. The molecule has 0 radical (unpaired) electrons. The molecule has 0 aliphatic rings. The maximum absolute atomic E-state index is 12.2. The topological polar surface area (TPSA) is 55.1 Å². The molecule has 0 saturated heterocycles. The number of hydrogen-bond acceptors (Lipinski definition) is 2. The first kappa shape index (κ1) is 16.7. The van der Waals surface area contributed by atoms with E-state index in [4.69, 9.17) is 5.73 Å². The highest BCUT2D eigenvalue weighted by atomic mass is 16.2. The molecule has 0 spiro atoms. The highest BCUT2D eigenvalue weighted by Gasteiger charge is 2.20. The fraction of sp³-hybridized carbons (Fsp3) is 0.588. The second kappa shape index (κ2) is 8.05. The quantitative estimate of drug-likeness (QED) is 0.803. The molecule has 3 heteroatoms. The maximum Gasteiger partial charge on any atom is 0.237 e. The van der Waals surface area contributed by atoms with Gasteiger partial charge in [0.15, 0.2) is 0 Å². The predicted octanol–water partition coefficient (Wildman–Crippen LogP) is 3.26. The number of carbonyl (C=O) groups excluding carboxylic acids is 1. The van der Waals surface area contributed by atoms with Crippen molar-refractivity contribution in [3.05, 3.63) is 35.9 Å². The predicted molar refractivity (Wildman–Crippen MR) is 84.2 cm³/mol. The van der Waals surface area contributed by atoms with Crippen molar-refractivity contribution in [3.8, 4) is 0 Å². The molecule has 0 bridgehead atoms. The van der Waals surface area contributed by atoms with Crippen LogP contribution in [-0.4, -0.2) is 11.9 Å². The SMILES string of the molecule is CC(C)CC(N)C(=O)NC(CC(C)C)c1ccccc1. The molecule has 0 saturated carbocycles. The van der Waals surface area contributed by atoms with E-state index in [1.165, 1.54) is 0 Å². The molecule has 3 N–H and O–H groups in total. The average Bonchev–Trinajstić information content (AvgIpc) is 2.37. The molecule has 112 valence electrons. The lowest BCUT2D eigenvalue weighted by Gasteiger charge is -2.23. The summed E-state index contributed by atoms with van der Waals surface area (Å²) in [7, 11) is 0. The second-order valence-electron chi connectivity index (χ2n) is 6.34. The number of rotatable bonds is 7. The van der Waals surface area contributed by atoms with Crippen molar-refractivity contribution in [1.29, 1.82) is 0 Å². The number of amides is 1. The van der Waals surface area contributed by atoms with Crippen LogP contribution in [0.2, 0.25) is 0 Å². The summed E-state index contributed by atoms with van der Waals surface area (Å²) in [6.45, 7) is 8.48. The van der Waals surface area contributed by atoms with Crippen LogP contribution in [0, 0.1) is 11.8 Å². The normalized spacial score (nSPS) is 14.3. The molecule has 20 heavy (non-hydrogen) atoms. The van der Waals surface area contributed by atoms with E-state index in [1.807, 2.05) is 18.2 Å². The summed E-state index contributed by atoms with van der Waals surface area (Å²) in [5.74, 6) is 0.894. The van der Waals surface area contributed by atoms with Gasteiger partial charge in [0.2, 0.25) is 5.91 Å². The summed E-state index contributed by atoms with van der Waals surface area (Å²) < 4.78 is 0. The summed E-state index contributed by atoms with van der Waals surface area (Å²) in [4.78, 5) is 12.2. The van der Waals surface area contributed by atoms with E-state index in [0.29, 0.717) is 11.8 Å². The standard InChI is InChI=1S/C17H28N2O/c1-12(2)10-15(18)17(20)19-16(11-13(3)4)14-8-6-5-7-9-14/h5-9,12-13,15-16H,10-11,18H2,1-4H3,(H,19,20). The van der Waals surface area contributed by atoms with Crippen LogP contribution in [0.25, 0.3) is 0 Å². The van der Waals surface area contributed by atoms with Crippen LogP contribution in [0.15, 0.2) is 30.3 Å². The molecule has 0 aliphatic heterocycles. The minimum Gasteiger partial charge on any atom is -0.348 e. The molecule has 1 rings (SSSR count). The Bertz CT molecular complexity index is 401. The van der Waals surface area contributed by atoms with Crippen LogP contribution in [0.1, 0.15) is 52.1 Å². The maximum atomic E-state index is 12.2. The zero-order valence-electron chi connectivity index (χ0n) is 13.1. The van der Waals surface area contributed by atoms with Crippen molar-refractivity contribution in [3.63, 3.8) is 0 Å². The van der Waals surface area contributed by atoms with Gasteiger partial charge in [0.25, 0.3) is 0 Å². The van der Waals surface area contributed by atoms with Crippen LogP contribution in [-0.2, 0) is 4.79 Å². The molecular weight excluding hydrogens is 248 g/mol. The third-order valence-corrected chi connectivity index (χ3v) is 3.29. The molecule has 2 atom stereocenters. The Morgan fingerprint density at radius 2 is 1.60 bits per heavy atom. The molecule has 3 nitrogen and oxygen atoms in total. The third kappa shape index (κ3) is 5.74. The van der Waals surface area contributed by atoms with Crippen LogP contribution >= 0.6 is 0 Å². The Kier molecular flexibility index (Phi) is 6.73. The summed E-state index contributed by atoms with van der Waals surface area (Å²) in [5.41, 5.74) is 7.11. The molecule has 0 heterocycles. The molecule has 0 aliphatic carbocycles. The highest BCUT2D eigenvalue weighted by molar-refractivity contribution is 5.81. The van der Waals surface area contributed by atoms with E-state index in [0.717, 1.165) is 18.4 Å². The largest absolute Gasteiger partial charge is 0.348 e. The Morgan fingerprint density at radius 3 is 2.10 bits per heavy atom. The summed E-state index contributed by atoms with van der Waals surface area (Å²) in [6, 6.07) is 9.73. The lowest BCUT2D eigenvalue weighted by molar-refractivity contribution is -0.123. The lowest BCUT2D eigenvalue weighted by Crippen LogP contribution is -2.43. The fourth-order valence-corrected chi connectivity index (χ4v) is 2.33. The van der Waals surface area contributed by atoms with Crippen LogP contribution in [0.4, 0.5) is 0 Å². The number of benzene rings is 1. The first-order chi connectivity index (χ1) is 9.40. The van der Waals surface area contributed by atoms with E-state index >= 15 is 0 Å². The van der Waals surface area contributed by atoms with Gasteiger partial charge < -0.3 is 11.1 Å². The van der Waals surface area contributed by atoms with Gasteiger partial charge in [-0.15, -0.1) is 0 Å². The number of nitrogens with one attached hydrogen (secondary N) is 1. The molecule has 0 aromatic heterocycles. The van der Waals surface area contributed by atoms with Crippen molar-refractivity contribution in [2.24, 2.45) is 17.6 Å². The molecule has 0 fully saturated rings. The molecular formula is C17H28N2O. The summed E-state index contributed by atoms with van der Waals surface area (Å²) >= 11 is 0. The van der Waals surface area contributed by atoms with Gasteiger partial charge in [0.1, 0.15) is 0 Å². The van der Waals surface area contributed by atoms with Crippen LogP contribution in [0.3, 0.4) is 0 Å². The number of nitrogens with two attached hydrogens (primary N) is 1. The molecule has 1 aromatic rings. The third-order valence-electron chi connectivity index (χ3n) is 3.29. The van der Waals surface area contributed by atoms with E-state index in [-0.39, 0.29) is 11.9 Å². The van der Waals surface area contributed by atoms with Gasteiger partial charge in [-0.3, -0.25) is 4.79 Å². The van der Waals surface area contributed by atoms with E-state index in [1.54, 1.807) is 0 Å². The minimum atomic E-state index is -0.423. The lowest BCUT2D eigenvalue weighted by atomic mass is 9.96. The van der Waals surface area contributed by atoms with E-state index in [2.05, 4.69) is 45.1 Å². The van der Waals surface area contributed by atoms with Gasteiger partial charge in [-0.25, -0.2) is 0 Å². The average molecular weight is 276 g/mol. The van der Waals surface area contributed by atoms with Gasteiger partial charge >= 0.3 is 0 Å². The fourth-order valence-electron chi connectivity index (χ4n) is 2.33. The zero-order valence-corrected chi connectivity index (χ0v) is 13.1. The summed E-state index contributed by atoms with van der Waals surface area (Å²) in [5, 5.41) is 3.11. The first-order valence-electron chi connectivity index (χ1n) is 7.51. The Balaban J connectivity index is 2.73. The van der Waals surface area contributed by atoms with Crippen LogP contribution < -0.4 is 11.1 Å². The number of hydrogen-bond donors (Lipinski definition) is 2. The van der Waals surface area contributed by atoms with Crippen molar-refractivity contribution in [2.75, 3.05) is 0 Å². The van der Waals surface area contributed by atoms with E-state index < -0.39 is 6.04 Å². The second-order valence-corrected chi connectivity index (χ2v) is 6.34. The van der Waals surface area contributed by atoms with Crippen molar-refractivity contribution >= 4 is 5.91 Å². The van der Waals surface area contributed by atoms with Crippen LogP contribution in [0.5, 0.6) is 0 Å². The van der Waals surface area contributed by atoms with E-state index in [9.17, 15) is 4.79 Å². The Morgan fingerprint density at radius 1 is 1.05 bits per heavy atom. The van der Waals surface area contributed by atoms with Gasteiger partial charge in [-0.1, -0.05) is 58.0 Å². The van der Waals surface area contributed by atoms with Gasteiger partial charge in [-0.2, -0.15) is 0 Å². The summed E-state index contributed by atoms with van der Waals surface area (Å²) in [6.07, 6.45) is 1.64. The highest BCUT2D eigenvalue weighted by Crippen LogP contribution is 2.21. The zero-order chi connectivity index (χ0) is 15.1. The van der Waals surface area contributed by atoms with Gasteiger partial charge in [0.05, 0.1) is 12.1 Å².